The van der Waals surface area contributed by atoms with Gasteiger partial charge in [-0.05, 0) is 49.2 Å². The van der Waals surface area contributed by atoms with Gasteiger partial charge in [0, 0.05) is 17.1 Å². The molecule has 0 radical (unpaired) electrons. The summed E-state index contributed by atoms with van der Waals surface area (Å²) in [4.78, 5) is 36.8. The molecule has 0 aliphatic heterocycles. The fraction of sp³-hybridized carbons (Fsp3) is 0.286. The van der Waals surface area contributed by atoms with E-state index in [0.717, 1.165) is 12.8 Å². The van der Waals surface area contributed by atoms with Crippen LogP contribution in [0.25, 0.3) is 0 Å². The van der Waals surface area contributed by atoms with Gasteiger partial charge in [0.25, 0.3) is 5.91 Å². The first-order chi connectivity index (χ1) is 13.4. The summed E-state index contributed by atoms with van der Waals surface area (Å²) in [7, 11) is 0. The summed E-state index contributed by atoms with van der Waals surface area (Å²) in [6.07, 6.45) is 2.50. The van der Waals surface area contributed by atoms with Gasteiger partial charge in [0.1, 0.15) is 0 Å². The Balaban J connectivity index is 1.72. The summed E-state index contributed by atoms with van der Waals surface area (Å²) >= 11 is 5.85. The summed E-state index contributed by atoms with van der Waals surface area (Å²) in [6, 6.07) is 13.3. The van der Waals surface area contributed by atoms with Crippen LogP contribution in [-0.2, 0) is 9.59 Å². The highest BCUT2D eigenvalue weighted by atomic mass is 35.5. The standard InChI is InChI=1S/C21H21ClN2O4/c22-14-7-9-15(10-8-14)23-19(26)16-5-1-2-6-17(16)24-18(25)13-21(20(27)28)11-3-4-12-21/h1-2,5-10H,3-4,11-13H2,(H,23,26)(H,24,25)(H,27,28). The maximum Gasteiger partial charge on any atom is 0.310 e. The van der Waals surface area contributed by atoms with Crippen LogP contribution in [-0.4, -0.2) is 22.9 Å². The van der Waals surface area contributed by atoms with E-state index in [9.17, 15) is 19.5 Å². The van der Waals surface area contributed by atoms with E-state index in [1.54, 1.807) is 48.5 Å². The Morgan fingerprint density at radius 1 is 0.964 bits per heavy atom. The molecule has 28 heavy (non-hydrogen) atoms. The molecule has 0 atom stereocenters. The number of anilines is 2. The van der Waals surface area contributed by atoms with E-state index in [-0.39, 0.29) is 12.3 Å². The third-order valence-corrected chi connectivity index (χ3v) is 5.31. The van der Waals surface area contributed by atoms with Crippen molar-refractivity contribution in [3.63, 3.8) is 0 Å². The molecule has 1 saturated carbocycles. The molecule has 0 unspecified atom stereocenters. The number of carboxylic acids is 1. The SMILES string of the molecule is O=C(CC1(C(=O)O)CCCC1)Nc1ccccc1C(=O)Nc1ccc(Cl)cc1. The third kappa shape index (κ3) is 4.51. The Labute approximate surface area is 167 Å². The van der Waals surface area contributed by atoms with Crippen molar-refractivity contribution in [2.24, 2.45) is 5.41 Å². The van der Waals surface area contributed by atoms with Crippen LogP contribution in [0.3, 0.4) is 0 Å². The van der Waals surface area contributed by atoms with Gasteiger partial charge in [0.15, 0.2) is 0 Å². The highest BCUT2D eigenvalue weighted by Gasteiger charge is 2.43. The molecule has 0 heterocycles. The second-order valence-corrected chi connectivity index (χ2v) is 7.46. The first-order valence-corrected chi connectivity index (χ1v) is 9.47. The van der Waals surface area contributed by atoms with Gasteiger partial charge >= 0.3 is 5.97 Å². The minimum absolute atomic E-state index is 0.102. The van der Waals surface area contributed by atoms with Gasteiger partial charge in [-0.15, -0.1) is 0 Å². The van der Waals surface area contributed by atoms with Gasteiger partial charge in [-0.1, -0.05) is 36.6 Å². The van der Waals surface area contributed by atoms with Crippen LogP contribution in [0.5, 0.6) is 0 Å². The second-order valence-electron chi connectivity index (χ2n) is 7.02. The van der Waals surface area contributed by atoms with Crippen LogP contribution >= 0.6 is 11.6 Å². The van der Waals surface area contributed by atoms with E-state index < -0.39 is 17.3 Å². The molecule has 0 aromatic heterocycles. The molecular weight excluding hydrogens is 380 g/mol. The molecule has 6 nitrogen and oxygen atoms in total. The van der Waals surface area contributed by atoms with E-state index in [2.05, 4.69) is 10.6 Å². The Kier molecular flexibility index (Phi) is 5.99. The lowest BCUT2D eigenvalue weighted by molar-refractivity contribution is -0.150. The lowest BCUT2D eigenvalue weighted by Gasteiger charge is -2.23. The van der Waals surface area contributed by atoms with Crippen LogP contribution in [0, 0.1) is 5.41 Å². The number of carbonyl (C=O) groups is 3. The maximum absolute atomic E-state index is 12.6. The van der Waals surface area contributed by atoms with Crippen LogP contribution in [0.4, 0.5) is 11.4 Å². The van der Waals surface area contributed by atoms with Gasteiger partial charge in [0.05, 0.1) is 16.7 Å². The number of hydrogen-bond donors (Lipinski definition) is 3. The van der Waals surface area contributed by atoms with Crippen molar-refractivity contribution in [2.45, 2.75) is 32.1 Å². The van der Waals surface area contributed by atoms with Crippen molar-refractivity contribution < 1.29 is 19.5 Å². The number of benzene rings is 2. The molecule has 0 saturated heterocycles. The first kappa shape index (κ1) is 19.9. The summed E-state index contributed by atoms with van der Waals surface area (Å²) in [5.41, 5.74) is 0.204. The first-order valence-electron chi connectivity index (χ1n) is 9.09. The van der Waals surface area contributed by atoms with Crippen molar-refractivity contribution in [2.75, 3.05) is 10.6 Å². The highest BCUT2D eigenvalue weighted by Crippen LogP contribution is 2.41. The lowest BCUT2D eigenvalue weighted by atomic mass is 9.82. The van der Waals surface area contributed by atoms with Crippen LogP contribution in [0.15, 0.2) is 48.5 Å². The fourth-order valence-corrected chi connectivity index (χ4v) is 3.67. The Bertz CT molecular complexity index is 890. The Morgan fingerprint density at radius 3 is 2.25 bits per heavy atom. The molecule has 3 N–H and O–H groups in total. The molecule has 2 aromatic rings. The molecule has 7 heteroatoms. The quantitative estimate of drug-likeness (QED) is 0.662. The molecule has 0 bridgehead atoms. The van der Waals surface area contributed by atoms with Crippen molar-refractivity contribution >= 4 is 40.8 Å². The van der Waals surface area contributed by atoms with Gasteiger partial charge in [-0.25, -0.2) is 0 Å². The van der Waals surface area contributed by atoms with Crippen molar-refractivity contribution in [3.05, 3.63) is 59.1 Å². The number of para-hydroxylation sites is 1. The Morgan fingerprint density at radius 2 is 1.61 bits per heavy atom. The molecule has 2 amide bonds. The number of carbonyl (C=O) groups excluding carboxylic acids is 2. The average Bonchev–Trinajstić information content (AvgIpc) is 3.14. The molecule has 1 aliphatic rings. The topological polar surface area (TPSA) is 95.5 Å². The van der Waals surface area contributed by atoms with E-state index in [1.807, 2.05) is 0 Å². The van der Waals surface area contributed by atoms with Crippen LogP contribution in [0.1, 0.15) is 42.5 Å². The second kappa shape index (κ2) is 8.44. The van der Waals surface area contributed by atoms with E-state index in [4.69, 9.17) is 11.6 Å². The number of aliphatic carboxylic acids is 1. The predicted molar refractivity (Wildman–Crippen MR) is 108 cm³/mol. The molecule has 3 rings (SSSR count). The van der Waals surface area contributed by atoms with Crippen molar-refractivity contribution in [1.29, 1.82) is 0 Å². The minimum Gasteiger partial charge on any atom is -0.481 e. The number of carboxylic acid groups (broad SMARTS) is 1. The van der Waals surface area contributed by atoms with Crippen molar-refractivity contribution in [1.82, 2.24) is 0 Å². The number of amides is 2. The molecule has 146 valence electrons. The minimum atomic E-state index is -1.01. The zero-order chi connectivity index (χ0) is 20.1. The highest BCUT2D eigenvalue weighted by molar-refractivity contribution is 6.30. The van der Waals surface area contributed by atoms with E-state index >= 15 is 0 Å². The van der Waals surface area contributed by atoms with E-state index in [1.165, 1.54) is 0 Å². The van der Waals surface area contributed by atoms with Crippen molar-refractivity contribution in [3.8, 4) is 0 Å². The summed E-state index contributed by atoms with van der Waals surface area (Å²) in [5.74, 6) is -1.73. The zero-order valence-corrected chi connectivity index (χ0v) is 16.0. The largest absolute Gasteiger partial charge is 0.481 e. The zero-order valence-electron chi connectivity index (χ0n) is 15.2. The molecule has 0 spiro atoms. The van der Waals surface area contributed by atoms with Crippen LogP contribution in [0.2, 0.25) is 5.02 Å². The van der Waals surface area contributed by atoms with Gasteiger partial charge in [0.2, 0.25) is 5.91 Å². The average molecular weight is 401 g/mol. The van der Waals surface area contributed by atoms with Gasteiger partial charge in [-0.3, -0.25) is 14.4 Å². The number of hydrogen-bond acceptors (Lipinski definition) is 3. The number of halogens is 1. The summed E-state index contributed by atoms with van der Waals surface area (Å²) < 4.78 is 0. The summed E-state index contributed by atoms with van der Waals surface area (Å²) in [5, 5.41) is 15.6. The monoisotopic (exact) mass is 400 g/mol. The fourth-order valence-electron chi connectivity index (χ4n) is 3.54. The summed E-state index contributed by atoms with van der Waals surface area (Å²) in [6.45, 7) is 0. The molecular formula is C21H21ClN2O4. The Hall–Kier alpha value is -2.86. The maximum atomic E-state index is 12.6. The molecule has 2 aromatic carbocycles. The lowest BCUT2D eigenvalue weighted by Crippen LogP contribution is -2.33. The smallest absolute Gasteiger partial charge is 0.310 e. The predicted octanol–water partition coefficient (Wildman–Crippen LogP) is 4.57. The molecule has 1 fully saturated rings. The van der Waals surface area contributed by atoms with Gasteiger partial charge in [-0.2, -0.15) is 0 Å². The van der Waals surface area contributed by atoms with E-state index in [0.29, 0.717) is 34.8 Å². The normalized spacial score (nSPS) is 15.0. The van der Waals surface area contributed by atoms with Gasteiger partial charge < -0.3 is 15.7 Å². The number of nitrogens with one attached hydrogen (secondary N) is 2. The van der Waals surface area contributed by atoms with Crippen LogP contribution < -0.4 is 10.6 Å². The third-order valence-electron chi connectivity index (χ3n) is 5.06. The number of rotatable bonds is 6. The molecule has 1 aliphatic carbocycles.